The lowest BCUT2D eigenvalue weighted by Gasteiger charge is -2.06. The van der Waals surface area contributed by atoms with Crippen molar-refractivity contribution in [2.24, 2.45) is 0 Å². The van der Waals surface area contributed by atoms with Crippen LogP contribution in [0, 0.1) is 11.6 Å². The van der Waals surface area contributed by atoms with Crippen molar-refractivity contribution in [1.82, 2.24) is 0 Å². The van der Waals surface area contributed by atoms with Gasteiger partial charge in [0.15, 0.2) is 0 Å². The summed E-state index contributed by atoms with van der Waals surface area (Å²) in [5.41, 5.74) is 2.71. The summed E-state index contributed by atoms with van der Waals surface area (Å²) in [5, 5.41) is 2.84. The number of benzene rings is 1. The monoisotopic (exact) mass is 217 g/mol. The molecule has 0 spiro atoms. The van der Waals surface area contributed by atoms with Gasteiger partial charge in [-0.25, -0.2) is 8.78 Å². The van der Waals surface area contributed by atoms with Crippen molar-refractivity contribution in [3.05, 3.63) is 40.9 Å². The van der Waals surface area contributed by atoms with Gasteiger partial charge in [-0.15, -0.1) is 0 Å². The highest BCUT2D eigenvalue weighted by molar-refractivity contribution is 6.25. The molecule has 0 aromatic heterocycles. The lowest BCUT2D eigenvalue weighted by atomic mass is 10.2. The second-order valence-corrected chi connectivity index (χ2v) is 3.19. The Hall–Kier alpha value is -1.09. The van der Waals surface area contributed by atoms with E-state index in [0.717, 1.165) is 11.6 Å². The van der Waals surface area contributed by atoms with E-state index in [4.69, 9.17) is 11.6 Å². The first-order valence-corrected chi connectivity index (χ1v) is 4.51. The summed E-state index contributed by atoms with van der Waals surface area (Å²) < 4.78 is 25.4. The third kappa shape index (κ3) is 3.34. The van der Waals surface area contributed by atoms with Crippen molar-refractivity contribution < 1.29 is 8.78 Å². The molecule has 4 heteroatoms. The summed E-state index contributed by atoms with van der Waals surface area (Å²) in [4.78, 5) is 0. The maximum Gasteiger partial charge on any atom is 0.128 e. The minimum Gasteiger partial charge on any atom is -0.381 e. The Labute approximate surface area is 86.4 Å². The molecule has 0 amide bonds. The molecule has 0 aliphatic rings. The molecule has 0 atom stereocenters. The molecular weight excluding hydrogens is 208 g/mol. The van der Waals surface area contributed by atoms with Crippen LogP contribution in [0.5, 0.6) is 0 Å². The van der Waals surface area contributed by atoms with E-state index in [1.165, 1.54) is 17.7 Å². The number of rotatable bonds is 3. The summed E-state index contributed by atoms with van der Waals surface area (Å²) in [6.07, 6.45) is 0. The molecule has 76 valence electrons. The van der Waals surface area contributed by atoms with Crippen LogP contribution in [0.3, 0.4) is 0 Å². The van der Waals surface area contributed by atoms with Crippen LogP contribution in [-0.2, 0) is 0 Å². The quantitative estimate of drug-likeness (QED) is 0.817. The van der Waals surface area contributed by atoms with Gasteiger partial charge in [0.1, 0.15) is 11.6 Å². The summed E-state index contributed by atoms with van der Waals surface area (Å²) in [5.74, 6) is -1.19. The van der Waals surface area contributed by atoms with Crippen molar-refractivity contribution in [2.75, 3.05) is 11.9 Å². The molecule has 0 bridgehead atoms. The third-order valence-electron chi connectivity index (χ3n) is 1.62. The molecule has 0 radical (unpaired) electrons. The Morgan fingerprint density at radius 3 is 2.43 bits per heavy atom. The Bertz CT molecular complexity index is 330. The second-order valence-electron chi connectivity index (χ2n) is 2.97. The second kappa shape index (κ2) is 4.96. The largest absolute Gasteiger partial charge is 0.381 e. The summed E-state index contributed by atoms with van der Waals surface area (Å²) >= 11 is 5.43. The van der Waals surface area contributed by atoms with Crippen molar-refractivity contribution in [2.45, 2.75) is 6.92 Å². The molecule has 0 saturated carbocycles. The smallest absolute Gasteiger partial charge is 0.128 e. The van der Waals surface area contributed by atoms with E-state index in [1.807, 2.05) is 6.92 Å². The van der Waals surface area contributed by atoms with Gasteiger partial charge in [0, 0.05) is 23.8 Å². The third-order valence-corrected chi connectivity index (χ3v) is 1.99. The number of anilines is 1. The summed E-state index contributed by atoms with van der Waals surface area (Å²) in [6, 6.07) is 3.28. The van der Waals surface area contributed by atoms with Gasteiger partial charge in [0.2, 0.25) is 0 Å². The van der Waals surface area contributed by atoms with Crippen LogP contribution < -0.4 is 5.32 Å². The van der Waals surface area contributed by atoms with Gasteiger partial charge in [0.05, 0.1) is 0 Å². The predicted octanol–water partition coefficient (Wildman–Crippen LogP) is 3.52. The van der Waals surface area contributed by atoms with Crippen LogP contribution in [0.25, 0.3) is 0 Å². The van der Waals surface area contributed by atoms with Crippen LogP contribution in [0.2, 0.25) is 0 Å². The topological polar surface area (TPSA) is 12.0 Å². The van der Waals surface area contributed by atoms with Gasteiger partial charge in [-0.2, -0.15) is 0 Å². The molecular formula is C10H10ClF2N. The van der Waals surface area contributed by atoms with Crippen LogP contribution in [0.15, 0.2) is 29.3 Å². The standard InChI is InChI=1S/C10H10ClF2N/c1-7(5-11)6-14-10-3-8(12)2-9(13)4-10/h2-5,14H,6H2,1H3/b7-5-. The fourth-order valence-electron chi connectivity index (χ4n) is 0.936. The van der Waals surface area contributed by atoms with Crippen molar-refractivity contribution in [3.63, 3.8) is 0 Å². The molecule has 0 aliphatic heterocycles. The molecule has 1 aromatic rings. The molecule has 0 saturated heterocycles. The van der Waals surface area contributed by atoms with E-state index in [0.29, 0.717) is 12.2 Å². The first-order chi connectivity index (χ1) is 6.61. The van der Waals surface area contributed by atoms with Crippen LogP contribution in [0.4, 0.5) is 14.5 Å². The Kier molecular flexibility index (Phi) is 3.89. The average molecular weight is 218 g/mol. The maximum atomic E-state index is 12.7. The zero-order valence-corrected chi connectivity index (χ0v) is 8.41. The lowest BCUT2D eigenvalue weighted by molar-refractivity contribution is 0.584. The minimum atomic E-state index is -0.597. The highest BCUT2D eigenvalue weighted by Crippen LogP contribution is 2.13. The van der Waals surface area contributed by atoms with Gasteiger partial charge < -0.3 is 5.32 Å². The zero-order valence-electron chi connectivity index (χ0n) is 7.65. The molecule has 0 heterocycles. The van der Waals surface area contributed by atoms with Crippen molar-refractivity contribution in [3.8, 4) is 0 Å². The number of hydrogen-bond acceptors (Lipinski definition) is 1. The lowest BCUT2D eigenvalue weighted by Crippen LogP contribution is -2.02. The van der Waals surface area contributed by atoms with Gasteiger partial charge in [-0.3, -0.25) is 0 Å². The van der Waals surface area contributed by atoms with Crippen molar-refractivity contribution in [1.29, 1.82) is 0 Å². The van der Waals surface area contributed by atoms with E-state index in [-0.39, 0.29) is 0 Å². The molecule has 1 rings (SSSR count). The summed E-state index contributed by atoms with van der Waals surface area (Å²) in [7, 11) is 0. The molecule has 0 unspecified atom stereocenters. The van der Waals surface area contributed by atoms with E-state index in [2.05, 4.69) is 5.32 Å². The van der Waals surface area contributed by atoms with E-state index in [1.54, 1.807) is 0 Å². The van der Waals surface area contributed by atoms with Gasteiger partial charge >= 0.3 is 0 Å². The molecule has 14 heavy (non-hydrogen) atoms. The molecule has 0 aliphatic carbocycles. The van der Waals surface area contributed by atoms with Crippen LogP contribution >= 0.6 is 11.6 Å². The van der Waals surface area contributed by atoms with Gasteiger partial charge in [0.25, 0.3) is 0 Å². The van der Waals surface area contributed by atoms with E-state index >= 15 is 0 Å². The van der Waals surface area contributed by atoms with Crippen molar-refractivity contribution >= 4 is 17.3 Å². The van der Waals surface area contributed by atoms with Crippen LogP contribution in [-0.4, -0.2) is 6.54 Å². The normalized spacial score (nSPS) is 11.6. The predicted molar refractivity (Wildman–Crippen MR) is 54.5 cm³/mol. The fraction of sp³-hybridized carbons (Fsp3) is 0.200. The van der Waals surface area contributed by atoms with Gasteiger partial charge in [-0.05, 0) is 24.6 Å². The maximum absolute atomic E-state index is 12.7. The summed E-state index contributed by atoms with van der Waals surface area (Å²) in [6.45, 7) is 2.28. The molecule has 1 N–H and O–H groups in total. The zero-order chi connectivity index (χ0) is 10.6. The highest BCUT2D eigenvalue weighted by Gasteiger charge is 1.99. The van der Waals surface area contributed by atoms with E-state index < -0.39 is 11.6 Å². The number of nitrogens with one attached hydrogen (secondary N) is 1. The SMILES string of the molecule is C/C(=C/Cl)CNc1cc(F)cc(F)c1. The molecule has 1 nitrogen and oxygen atoms in total. The first kappa shape index (κ1) is 11.0. The Morgan fingerprint density at radius 1 is 1.36 bits per heavy atom. The average Bonchev–Trinajstić information content (AvgIpc) is 2.12. The number of hydrogen-bond donors (Lipinski definition) is 1. The first-order valence-electron chi connectivity index (χ1n) is 4.07. The fourth-order valence-corrected chi connectivity index (χ4v) is 1.01. The highest BCUT2D eigenvalue weighted by atomic mass is 35.5. The van der Waals surface area contributed by atoms with Gasteiger partial charge in [-0.1, -0.05) is 11.6 Å². The van der Waals surface area contributed by atoms with E-state index in [9.17, 15) is 8.78 Å². The molecule has 1 aromatic carbocycles. The molecule has 0 fully saturated rings. The Morgan fingerprint density at radius 2 is 1.93 bits per heavy atom. The van der Waals surface area contributed by atoms with Crippen LogP contribution in [0.1, 0.15) is 6.92 Å². The minimum absolute atomic E-state index is 0.403. The Balaban J connectivity index is 2.67. The number of halogens is 3.